The van der Waals surface area contributed by atoms with Crippen LogP contribution in [0.25, 0.3) is 0 Å². The van der Waals surface area contributed by atoms with Crippen LogP contribution in [0.4, 0.5) is 0 Å². The maximum absolute atomic E-state index is 8.79. The molecule has 2 unspecified atom stereocenters. The molecule has 1 aliphatic rings. The van der Waals surface area contributed by atoms with Crippen molar-refractivity contribution >= 4 is 0 Å². The van der Waals surface area contributed by atoms with Gasteiger partial charge < -0.3 is 10.2 Å². The van der Waals surface area contributed by atoms with Crippen molar-refractivity contribution in [2.24, 2.45) is 5.92 Å². The molecule has 92 valence electrons. The van der Waals surface area contributed by atoms with Crippen molar-refractivity contribution in [3.8, 4) is 6.07 Å². The predicted octanol–water partition coefficient (Wildman–Crippen LogP) is 2.00. The summed E-state index contributed by atoms with van der Waals surface area (Å²) in [7, 11) is 0. The van der Waals surface area contributed by atoms with Gasteiger partial charge in [0, 0.05) is 18.6 Å². The Balaban J connectivity index is 2.42. The molecule has 0 aromatic rings. The highest BCUT2D eigenvalue weighted by Gasteiger charge is 2.20. The molecule has 0 bridgehead atoms. The van der Waals surface area contributed by atoms with Crippen molar-refractivity contribution in [2.45, 2.75) is 52.1 Å². The van der Waals surface area contributed by atoms with Crippen LogP contribution in [0.3, 0.4) is 0 Å². The molecule has 1 fully saturated rings. The average molecular weight is 223 g/mol. The van der Waals surface area contributed by atoms with Crippen molar-refractivity contribution < 1.29 is 0 Å². The number of hydrogen-bond acceptors (Lipinski definition) is 3. The Hall–Kier alpha value is -0.590. The molecule has 1 N–H and O–H groups in total. The molecule has 0 aliphatic carbocycles. The van der Waals surface area contributed by atoms with E-state index in [1.165, 1.54) is 25.9 Å². The number of nitrogens with zero attached hydrogens (tertiary/aromatic N) is 2. The van der Waals surface area contributed by atoms with Crippen molar-refractivity contribution in [1.29, 1.82) is 5.26 Å². The van der Waals surface area contributed by atoms with Crippen molar-refractivity contribution in [3.63, 3.8) is 0 Å². The van der Waals surface area contributed by atoms with Crippen LogP contribution in [0.2, 0.25) is 0 Å². The molecule has 0 radical (unpaired) electrons. The van der Waals surface area contributed by atoms with Gasteiger partial charge in [-0.15, -0.1) is 0 Å². The second-order valence-corrected chi connectivity index (χ2v) is 5.40. The van der Waals surface area contributed by atoms with Gasteiger partial charge in [0.25, 0.3) is 0 Å². The van der Waals surface area contributed by atoms with Gasteiger partial charge in [-0.05, 0) is 38.8 Å². The van der Waals surface area contributed by atoms with Crippen LogP contribution in [-0.2, 0) is 0 Å². The van der Waals surface area contributed by atoms with Crippen LogP contribution in [0.1, 0.15) is 40.0 Å². The van der Waals surface area contributed by atoms with Gasteiger partial charge >= 0.3 is 0 Å². The van der Waals surface area contributed by atoms with E-state index in [1.807, 2.05) is 0 Å². The average Bonchev–Trinajstić information content (AvgIpc) is 2.38. The Bertz CT molecular complexity index is 232. The zero-order valence-corrected chi connectivity index (χ0v) is 10.9. The second-order valence-electron chi connectivity index (χ2n) is 5.40. The zero-order chi connectivity index (χ0) is 12.0. The van der Waals surface area contributed by atoms with E-state index < -0.39 is 0 Å². The summed E-state index contributed by atoms with van der Waals surface area (Å²) in [6, 6.07) is 3.18. The third-order valence-electron chi connectivity index (χ3n) is 3.24. The number of nitriles is 1. The smallest absolute Gasteiger partial charge is 0.0638 e. The summed E-state index contributed by atoms with van der Waals surface area (Å²) in [5.41, 5.74) is 0. The fourth-order valence-electron chi connectivity index (χ4n) is 2.20. The molecular formula is C13H25N3. The van der Waals surface area contributed by atoms with E-state index in [9.17, 15) is 0 Å². The van der Waals surface area contributed by atoms with Gasteiger partial charge in [0.15, 0.2) is 0 Å². The van der Waals surface area contributed by atoms with Crippen LogP contribution in [0, 0.1) is 17.2 Å². The van der Waals surface area contributed by atoms with E-state index in [2.05, 4.69) is 37.1 Å². The second kappa shape index (κ2) is 6.88. The van der Waals surface area contributed by atoms with Crippen molar-refractivity contribution in [3.05, 3.63) is 0 Å². The molecule has 0 aromatic carbocycles. The molecule has 0 amide bonds. The summed E-state index contributed by atoms with van der Waals surface area (Å²) in [5.74, 6) is 0.767. The lowest BCUT2D eigenvalue weighted by Crippen LogP contribution is -2.40. The van der Waals surface area contributed by atoms with Crippen molar-refractivity contribution in [2.75, 3.05) is 19.6 Å². The van der Waals surface area contributed by atoms with Gasteiger partial charge in [0.05, 0.1) is 12.5 Å². The predicted molar refractivity (Wildman–Crippen MR) is 67.1 cm³/mol. The first-order valence-corrected chi connectivity index (χ1v) is 6.47. The lowest BCUT2D eigenvalue weighted by atomic mass is 10.1. The highest BCUT2D eigenvalue weighted by atomic mass is 15.2. The van der Waals surface area contributed by atoms with Gasteiger partial charge in [-0.2, -0.15) is 5.26 Å². The van der Waals surface area contributed by atoms with E-state index in [0.29, 0.717) is 18.5 Å². The van der Waals surface area contributed by atoms with Crippen LogP contribution >= 0.6 is 0 Å². The normalized spacial score (nSPS) is 27.7. The lowest BCUT2D eigenvalue weighted by Gasteiger charge is -2.23. The molecule has 1 saturated heterocycles. The third-order valence-corrected chi connectivity index (χ3v) is 3.24. The number of hydrogen-bond donors (Lipinski definition) is 1. The third kappa shape index (κ3) is 4.96. The number of nitrogens with one attached hydrogen (secondary N) is 1. The molecule has 1 heterocycles. The summed E-state index contributed by atoms with van der Waals surface area (Å²) in [4.78, 5) is 2.51. The fourth-order valence-corrected chi connectivity index (χ4v) is 2.20. The molecule has 1 aliphatic heterocycles. The number of rotatable bonds is 4. The molecular weight excluding hydrogens is 198 g/mol. The van der Waals surface area contributed by atoms with E-state index in [0.717, 1.165) is 12.5 Å². The highest BCUT2D eigenvalue weighted by molar-refractivity contribution is 4.87. The molecule has 3 nitrogen and oxygen atoms in total. The van der Waals surface area contributed by atoms with Gasteiger partial charge in [0.1, 0.15) is 0 Å². The minimum absolute atomic E-state index is 0.356. The Kier molecular flexibility index (Phi) is 5.79. The Morgan fingerprint density at radius 1 is 1.50 bits per heavy atom. The quantitative estimate of drug-likeness (QED) is 0.792. The summed E-state index contributed by atoms with van der Waals surface area (Å²) in [6.45, 7) is 10.1. The molecule has 0 aromatic heterocycles. The maximum Gasteiger partial charge on any atom is 0.0638 e. The van der Waals surface area contributed by atoms with Gasteiger partial charge in [0.2, 0.25) is 0 Å². The Morgan fingerprint density at radius 3 is 2.88 bits per heavy atom. The first-order valence-electron chi connectivity index (χ1n) is 6.47. The minimum atomic E-state index is 0.356. The van der Waals surface area contributed by atoms with Crippen molar-refractivity contribution in [1.82, 2.24) is 10.2 Å². The first-order chi connectivity index (χ1) is 7.61. The largest absolute Gasteiger partial charge is 0.309 e. The first kappa shape index (κ1) is 13.5. The standard InChI is InChI=1S/C13H25N3/c1-11(2)5-8-16-9-6-12(3)15-13(10-16)4-7-14/h11-13,15H,4-6,8-10H2,1-3H3. The molecule has 0 saturated carbocycles. The van der Waals surface area contributed by atoms with Gasteiger partial charge in [-0.1, -0.05) is 13.8 Å². The zero-order valence-electron chi connectivity index (χ0n) is 10.9. The SMILES string of the molecule is CC(C)CCN1CCC(C)NC(CC#N)C1. The summed E-state index contributed by atoms with van der Waals surface area (Å²) >= 11 is 0. The van der Waals surface area contributed by atoms with Crippen LogP contribution < -0.4 is 5.32 Å². The molecule has 0 spiro atoms. The Labute approximate surface area is 99.8 Å². The van der Waals surface area contributed by atoms with Crippen LogP contribution in [0.15, 0.2) is 0 Å². The van der Waals surface area contributed by atoms with Gasteiger partial charge in [-0.3, -0.25) is 0 Å². The summed E-state index contributed by atoms with van der Waals surface area (Å²) in [6.07, 6.45) is 3.08. The van der Waals surface area contributed by atoms with E-state index in [1.54, 1.807) is 0 Å². The van der Waals surface area contributed by atoms with Crippen LogP contribution in [0.5, 0.6) is 0 Å². The van der Waals surface area contributed by atoms with E-state index >= 15 is 0 Å². The minimum Gasteiger partial charge on any atom is -0.309 e. The Morgan fingerprint density at radius 2 is 2.25 bits per heavy atom. The maximum atomic E-state index is 8.79. The van der Waals surface area contributed by atoms with E-state index in [-0.39, 0.29) is 0 Å². The topological polar surface area (TPSA) is 39.1 Å². The molecule has 1 rings (SSSR count). The van der Waals surface area contributed by atoms with Gasteiger partial charge in [-0.25, -0.2) is 0 Å². The summed E-state index contributed by atoms with van der Waals surface area (Å²) < 4.78 is 0. The van der Waals surface area contributed by atoms with Crippen LogP contribution in [-0.4, -0.2) is 36.6 Å². The molecule has 16 heavy (non-hydrogen) atoms. The molecule has 3 heteroatoms. The highest BCUT2D eigenvalue weighted by Crippen LogP contribution is 2.10. The molecule has 2 atom stereocenters. The van der Waals surface area contributed by atoms with E-state index in [4.69, 9.17) is 5.26 Å². The summed E-state index contributed by atoms with van der Waals surface area (Å²) in [5, 5.41) is 12.3. The lowest BCUT2D eigenvalue weighted by molar-refractivity contribution is 0.253. The monoisotopic (exact) mass is 223 g/mol. The fraction of sp³-hybridized carbons (Fsp3) is 0.923.